The molecule has 3 atom stereocenters. The molecule has 0 bridgehead atoms. The molecule has 106 valence electrons. The van der Waals surface area contributed by atoms with Crippen molar-refractivity contribution in [2.24, 2.45) is 11.8 Å². The number of benzene rings is 1. The summed E-state index contributed by atoms with van der Waals surface area (Å²) in [7, 11) is 2.06. The molecule has 1 aromatic rings. The molecule has 1 aromatic carbocycles. The van der Waals surface area contributed by atoms with Crippen LogP contribution in [0, 0.1) is 17.7 Å². The van der Waals surface area contributed by atoms with Gasteiger partial charge in [-0.2, -0.15) is 0 Å². The van der Waals surface area contributed by atoms with Crippen LogP contribution < -0.4 is 5.32 Å². The van der Waals surface area contributed by atoms with E-state index in [-0.39, 0.29) is 5.82 Å². The van der Waals surface area contributed by atoms with Crippen molar-refractivity contribution in [1.29, 1.82) is 0 Å². The highest BCUT2D eigenvalue weighted by Crippen LogP contribution is 2.35. The van der Waals surface area contributed by atoms with Gasteiger partial charge in [0.2, 0.25) is 0 Å². The van der Waals surface area contributed by atoms with Gasteiger partial charge < -0.3 is 5.32 Å². The van der Waals surface area contributed by atoms with Gasteiger partial charge in [0.15, 0.2) is 0 Å². The zero-order valence-electron chi connectivity index (χ0n) is 12.2. The molecule has 0 saturated heterocycles. The smallest absolute Gasteiger partial charge is 0.123 e. The Morgan fingerprint density at radius 1 is 1.21 bits per heavy atom. The minimum Gasteiger partial charge on any atom is -0.316 e. The molecule has 1 fully saturated rings. The Morgan fingerprint density at radius 2 is 1.89 bits per heavy atom. The molecule has 1 aliphatic rings. The van der Waals surface area contributed by atoms with Gasteiger partial charge in [0.1, 0.15) is 5.82 Å². The SMILES string of the molecule is CCC1CCCCC1C(Cc1ccc(F)cc1)NC. The number of likely N-dealkylation sites (N-methyl/N-ethyl adjacent to an activating group) is 1. The van der Waals surface area contributed by atoms with E-state index in [1.165, 1.54) is 37.7 Å². The summed E-state index contributed by atoms with van der Waals surface area (Å²) >= 11 is 0. The predicted octanol–water partition coefficient (Wildman–Crippen LogP) is 4.17. The van der Waals surface area contributed by atoms with Crippen LogP contribution in [0.5, 0.6) is 0 Å². The van der Waals surface area contributed by atoms with E-state index in [0.717, 1.165) is 18.3 Å². The molecule has 19 heavy (non-hydrogen) atoms. The van der Waals surface area contributed by atoms with E-state index in [0.29, 0.717) is 6.04 Å². The molecule has 2 rings (SSSR count). The Balaban J connectivity index is 2.04. The number of rotatable bonds is 5. The van der Waals surface area contributed by atoms with Crippen molar-refractivity contribution in [2.75, 3.05) is 7.05 Å². The Bertz CT molecular complexity index is 373. The fourth-order valence-corrected chi connectivity index (χ4v) is 3.61. The summed E-state index contributed by atoms with van der Waals surface area (Å²) in [5, 5.41) is 3.51. The molecule has 2 heteroatoms. The van der Waals surface area contributed by atoms with Crippen molar-refractivity contribution in [2.45, 2.75) is 51.5 Å². The minimum atomic E-state index is -0.145. The molecule has 1 saturated carbocycles. The molecule has 1 N–H and O–H groups in total. The summed E-state index contributed by atoms with van der Waals surface area (Å²) in [4.78, 5) is 0. The monoisotopic (exact) mass is 263 g/mol. The van der Waals surface area contributed by atoms with Crippen LogP contribution in [0.4, 0.5) is 4.39 Å². The molecule has 0 radical (unpaired) electrons. The molecule has 0 aliphatic heterocycles. The lowest BCUT2D eigenvalue weighted by atomic mass is 9.73. The molecular weight excluding hydrogens is 237 g/mol. The van der Waals surface area contributed by atoms with Crippen LogP contribution in [0.25, 0.3) is 0 Å². The van der Waals surface area contributed by atoms with Crippen molar-refractivity contribution < 1.29 is 4.39 Å². The number of nitrogens with one attached hydrogen (secondary N) is 1. The first-order valence-electron chi connectivity index (χ1n) is 7.66. The zero-order valence-corrected chi connectivity index (χ0v) is 12.2. The van der Waals surface area contributed by atoms with Crippen molar-refractivity contribution in [3.8, 4) is 0 Å². The maximum Gasteiger partial charge on any atom is 0.123 e. The summed E-state index contributed by atoms with van der Waals surface area (Å²) in [5.41, 5.74) is 1.24. The first-order valence-corrected chi connectivity index (χ1v) is 7.66. The first kappa shape index (κ1) is 14.5. The first-order chi connectivity index (χ1) is 9.24. The third kappa shape index (κ3) is 3.79. The summed E-state index contributed by atoms with van der Waals surface area (Å²) in [6, 6.07) is 7.50. The van der Waals surface area contributed by atoms with E-state index < -0.39 is 0 Å². The summed E-state index contributed by atoms with van der Waals surface area (Å²) in [6.45, 7) is 2.31. The fraction of sp³-hybridized carbons (Fsp3) is 0.647. The average Bonchev–Trinajstić information content (AvgIpc) is 2.46. The highest BCUT2D eigenvalue weighted by atomic mass is 19.1. The Hall–Kier alpha value is -0.890. The van der Waals surface area contributed by atoms with Crippen molar-refractivity contribution in [3.63, 3.8) is 0 Å². The van der Waals surface area contributed by atoms with Crippen LogP contribution in [0.3, 0.4) is 0 Å². The van der Waals surface area contributed by atoms with E-state index in [4.69, 9.17) is 0 Å². The van der Waals surface area contributed by atoms with Crippen molar-refractivity contribution in [1.82, 2.24) is 5.32 Å². The van der Waals surface area contributed by atoms with E-state index in [1.54, 1.807) is 12.1 Å². The summed E-state index contributed by atoms with van der Waals surface area (Å²) in [6.07, 6.45) is 7.77. The molecular formula is C17H26FN. The number of hydrogen-bond acceptors (Lipinski definition) is 1. The lowest BCUT2D eigenvalue weighted by Crippen LogP contribution is -2.40. The van der Waals surface area contributed by atoms with Gasteiger partial charge in [-0.15, -0.1) is 0 Å². The highest BCUT2D eigenvalue weighted by Gasteiger charge is 2.29. The lowest BCUT2D eigenvalue weighted by Gasteiger charge is -2.37. The van der Waals surface area contributed by atoms with Gasteiger partial charge in [-0.05, 0) is 49.4 Å². The van der Waals surface area contributed by atoms with Crippen LogP contribution in [0.1, 0.15) is 44.6 Å². The third-order valence-corrected chi connectivity index (χ3v) is 4.75. The molecule has 0 spiro atoms. The van der Waals surface area contributed by atoms with Gasteiger partial charge in [-0.1, -0.05) is 44.7 Å². The lowest BCUT2D eigenvalue weighted by molar-refractivity contribution is 0.179. The Kier molecular flexibility index (Phi) is 5.38. The Labute approximate surface area is 116 Å². The van der Waals surface area contributed by atoms with E-state index in [1.807, 2.05) is 12.1 Å². The van der Waals surface area contributed by atoms with Crippen molar-refractivity contribution in [3.05, 3.63) is 35.6 Å². The van der Waals surface area contributed by atoms with Gasteiger partial charge in [-0.25, -0.2) is 4.39 Å². The van der Waals surface area contributed by atoms with Gasteiger partial charge in [-0.3, -0.25) is 0 Å². The summed E-state index contributed by atoms with van der Waals surface area (Å²) < 4.78 is 13.0. The molecule has 0 amide bonds. The third-order valence-electron chi connectivity index (χ3n) is 4.75. The maximum absolute atomic E-state index is 13.0. The van der Waals surface area contributed by atoms with E-state index in [9.17, 15) is 4.39 Å². The second-order valence-corrected chi connectivity index (χ2v) is 5.84. The van der Waals surface area contributed by atoms with Crippen LogP contribution in [-0.4, -0.2) is 13.1 Å². The predicted molar refractivity (Wildman–Crippen MR) is 78.7 cm³/mol. The molecule has 3 unspecified atom stereocenters. The van der Waals surface area contributed by atoms with Crippen LogP contribution >= 0.6 is 0 Å². The maximum atomic E-state index is 13.0. The molecule has 1 aliphatic carbocycles. The molecule has 0 aromatic heterocycles. The van der Waals surface area contributed by atoms with E-state index in [2.05, 4.69) is 19.3 Å². The van der Waals surface area contributed by atoms with Gasteiger partial charge in [0.05, 0.1) is 0 Å². The largest absolute Gasteiger partial charge is 0.316 e. The second-order valence-electron chi connectivity index (χ2n) is 5.84. The standard InChI is InChI=1S/C17H26FN/c1-3-14-6-4-5-7-16(14)17(19-2)12-13-8-10-15(18)11-9-13/h8-11,14,16-17,19H,3-7,12H2,1-2H3. The normalized spacial score (nSPS) is 25.2. The van der Waals surface area contributed by atoms with Crippen LogP contribution in [-0.2, 0) is 6.42 Å². The minimum absolute atomic E-state index is 0.145. The Morgan fingerprint density at radius 3 is 2.53 bits per heavy atom. The van der Waals surface area contributed by atoms with E-state index >= 15 is 0 Å². The summed E-state index contributed by atoms with van der Waals surface area (Å²) in [5.74, 6) is 1.48. The molecule has 1 nitrogen and oxygen atoms in total. The zero-order chi connectivity index (χ0) is 13.7. The van der Waals surface area contributed by atoms with Gasteiger partial charge >= 0.3 is 0 Å². The average molecular weight is 263 g/mol. The quantitative estimate of drug-likeness (QED) is 0.840. The molecule has 0 heterocycles. The number of hydrogen-bond donors (Lipinski definition) is 1. The van der Waals surface area contributed by atoms with Crippen LogP contribution in [0.15, 0.2) is 24.3 Å². The topological polar surface area (TPSA) is 12.0 Å². The fourth-order valence-electron chi connectivity index (χ4n) is 3.61. The van der Waals surface area contributed by atoms with Crippen molar-refractivity contribution >= 4 is 0 Å². The van der Waals surface area contributed by atoms with Gasteiger partial charge in [0.25, 0.3) is 0 Å². The van der Waals surface area contributed by atoms with Gasteiger partial charge in [0, 0.05) is 6.04 Å². The number of halogens is 1. The second kappa shape index (κ2) is 7.04. The highest BCUT2D eigenvalue weighted by molar-refractivity contribution is 5.17. The van der Waals surface area contributed by atoms with Crippen LogP contribution in [0.2, 0.25) is 0 Å².